The summed E-state index contributed by atoms with van der Waals surface area (Å²) in [6.07, 6.45) is 1.61. The average Bonchev–Trinajstić information content (AvgIpc) is 2.62. The number of carboxylic acid groups (broad SMARTS) is 1. The Morgan fingerprint density at radius 3 is 2.73 bits per heavy atom. The predicted molar refractivity (Wildman–Crippen MR) is 99.7 cm³/mol. The van der Waals surface area contributed by atoms with Crippen LogP contribution in [0.5, 0.6) is 5.75 Å². The summed E-state index contributed by atoms with van der Waals surface area (Å²) < 4.78 is 5.34. The molecule has 7 heteroatoms. The molecule has 0 aliphatic heterocycles. The number of benzene rings is 2. The van der Waals surface area contributed by atoms with Crippen LogP contribution < -0.4 is 15.4 Å². The number of aromatic carboxylic acids is 1. The second kappa shape index (κ2) is 7.52. The Morgan fingerprint density at radius 1 is 1.12 bits per heavy atom. The molecule has 1 heterocycles. The van der Waals surface area contributed by atoms with Crippen molar-refractivity contribution in [2.45, 2.75) is 6.92 Å². The smallest absolute Gasteiger partial charge is 0.335 e. The fourth-order valence-corrected chi connectivity index (χ4v) is 2.41. The van der Waals surface area contributed by atoms with E-state index in [0.29, 0.717) is 23.2 Å². The molecule has 1 aromatic heterocycles. The molecule has 0 unspecified atom stereocenters. The summed E-state index contributed by atoms with van der Waals surface area (Å²) in [5, 5.41) is 15.3. The molecular formula is C19H18N4O3. The number of nitrogens with one attached hydrogen (secondary N) is 2. The molecule has 0 saturated heterocycles. The minimum atomic E-state index is -0.981. The van der Waals surface area contributed by atoms with Crippen LogP contribution in [-0.4, -0.2) is 28.2 Å². The highest BCUT2D eigenvalue weighted by molar-refractivity contribution is 5.89. The number of hydrogen-bond donors (Lipinski definition) is 3. The number of nitrogens with zero attached hydrogens (tertiary/aromatic N) is 2. The third-order valence-electron chi connectivity index (χ3n) is 3.64. The van der Waals surface area contributed by atoms with Gasteiger partial charge in [0.05, 0.1) is 18.4 Å². The summed E-state index contributed by atoms with van der Waals surface area (Å²) in [5.41, 5.74) is 2.67. The molecule has 2 aromatic carbocycles. The Morgan fingerprint density at radius 2 is 1.96 bits per heavy atom. The maximum atomic E-state index is 11.1. The molecule has 0 fully saturated rings. The van der Waals surface area contributed by atoms with E-state index in [1.165, 1.54) is 6.07 Å². The first-order valence-corrected chi connectivity index (χ1v) is 7.90. The highest BCUT2D eigenvalue weighted by Crippen LogP contribution is 2.27. The zero-order valence-electron chi connectivity index (χ0n) is 14.4. The van der Waals surface area contributed by atoms with Gasteiger partial charge in [-0.15, -0.1) is 0 Å². The number of methoxy groups -OCH3 is 1. The minimum Gasteiger partial charge on any atom is -0.495 e. The molecule has 0 aliphatic rings. The Bertz CT molecular complexity index is 944. The van der Waals surface area contributed by atoms with Crippen molar-refractivity contribution >= 4 is 29.1 Å². The summed E-state index contributed by atoms with van der Waals surface area (Å²) in [7, 11) is 1.60. The van der Waals surface area contributed by atoms with E-state index in [4.69, 9.17) is 9.84 Å². The summed E-state index contributed by atoms with van der Waals surface area (Å²) in [5.74, 6) is 0.641. The molecule has 3 N–H and O–H groups in total. The van der Waals surface area contributed by atoms with Crippen LogP contribution in [-0.2, 0) is 0 Å². The van der Waals surface area contributed by atoms with Gasteiger partial charge in [0.25, 0.3) is 0 Å². The first-order chi connectivity index (χ1) is 12.5. The lowest BCUT2D eigenvalue weighted by atomic mass is 10.2. The number of hydrogen-bond acceptors (Lipinski definition) is 6. The van der Waals surface area contributed by atoms with Gasteiger partial charge in [-0.1, -0.05) is 12.1 Å². The van der Waals surface area contributed by atoms with Crippen molar-refractivity contribution in [3.63, 3.8) is 0 Å². The summed E-state index contributed by atoms with van der Waals surface area (Å²) in [6, 6.07) is 14.0. The quantitative estimate of drug-likeness (QED) is 0.619. The largest absolute Gasteiger partial charge is 0.495 e. The molecule has 0 amide bonds. The highest BCUT2D eigenvalue weighted by Gasteiger charge is 2.07. The second-order valence-electron chi connectivity index (χ2n) is 5.61. The molecule has 0 atom stereocenters. The van der Waals surface area contributed by atoms with Gasteiger partial charge in [-0.3, -0.25) is 0 Å². The van der Waals surface area contributed by atoms with E-state index < -0.39 is 5.97 Å². The molecule has 7 nitrogen and oxygen atoms in total. The first kappa shape index (κ1) is 17.2. The lowest BCUT2D eigenvalue weighted by Gasteiger charge is -2.12. The van der Waals surface area contributed by atoms with Crippen molar-refractivity contribution in [2.24, 2.45) is 0 Å². The van der Waals surface area contributed by atoms with Crippen LogP contribution in [0.3, 0.4) is 0 Å². The van der Waals surface area contributed by atoms with Crippen LogP contribution in [0.1, 0.15) is 15.9 Å². The fourth-order valence-electron chi connectivity index (χ4n) is 2.41. The van der Waals surface area contributed by atoms with Gasteiger partial charge < -0.3 is 20.5 Å². The Kier molecular flexibility index (Phi) is 4.98. The van der Waals surface area contributed by atoms with E-state index in [1.54, 1.807) is 37.6 Å². The molecule has 26 heavy (non-hydrogen) atoms. The SMILES string of the molecule is COc1ccc(C)cc1Nc1nccc(Nc2cccc(C(=O)O)c2)n1. The van der Waals surface area contributed by atoms with Gasteiger partial charge in [-0.05, 0) is 48.9 Å². The van der Waals surface area contributed by atoms with Crippen molar-refractivity contribution in [3.8, 4) is 5.75 Å². The van der Waals surface area contributed by atoms with Gasteiger partial charge in [0.1, 0.15) is 11.6 Å². The molecule has 0 radical (unpaired) electrons. The molecule has 0 aliphatic carbocycles. The normalized spacial score (nSPS) is 10.2. The third-order valence-corrected chi connectivity index (χ3v) is 3.64. The van der Waals surface area contributed by atoms with Gasteiger partial charge in [-0.25, -0.2) is 9.78 Å². The average molecular weight is 350 g/mol. The summed E-state index contributed by atoms with van der Waals surface area (Å²) in [6.45, 7) is 1.99. The zero-order chi connectivity index (χ0) is 18.5. The molecule has 0 spiro atoms. The van der Waals surface area contributed by atoms with E-state index in [-0.39, 0.29) is 5.56 Å². The monoisotopic (exact) mass is 350 g/mol. The van der Waals surface area contributed by atoms with E-state index in [1.807, 2.05) is 25.1 Å². The molecule has 132 valence electrons. The number of aryl methyl sites for hydroxylation is 1. The standard InChI is InChI=1S/C19H18N4O3/c1-12-6-7-16(26-2)15(10-12)22-19-20-9-8-17(23-19)21-14-5-3-4-13(11-14)18(24)25/h3-11H,1-2H3,(H,24,25)(H2,20,21,22,23). The predicted octanol–water partition coefficient (Wildman–Crippen LogP) is 3.98. The number of ether oxygens (including phenoxy) is 1. The lowest BCUT2D eigenvalue weighted by molar-refractivity contribution is 0.0697. The molecular weight excluding hydrogens is 332 g/mol. The Hall–Kier alpha value is -3.61. The van der Waals surface area contributed by atoms with Crippen LogP contribution in [0, 0.1) is 6.92 Å². The van der Waals surface area contributed by atoms with E-state index in [2.05, 4.69) is 20.6 Å². The molecule has 0 bridgehead atoms. The zero-order valence-corrected chi connectivity index (χ0v) is 14.4. The Balaban J connectivity index is 1.82. The number of anilines is 4. The van der Waals surface area contributed by atoms with Crippen molar-refractivity contribution in [1.82, 2.24) is 9.97 Å². The number of carboxylic acids is 1. The summed E-state index contributed by atoms with van der Waals surface area (Å²) in [4.78, 5) is 19.7. The second-order valence-corrected chi connectivity index (χ2v) is 5.61. The third kappa shape index (κ3) is 4.07. The summed E-state index contributed by atoms with van der Waals surface area (Å²) >= 11 is 0. The minimum absolute atomic E-state index is 0.201. The lowest BCUT2D eigenvalue weighted by Crippen LogP contribution is -2.02. The van der Waals surface area contributed by atoms with Gasteiger partial charge in [0, 0.05) is 11.9 Å². The van der Waals surface area contributed by atoms with Crippen LogP contribution in [0.25, 0.3) is 0 Å². The maximum absolute atomic E-state index is 11.1. The van der Waals surface area contributed by atoms with E-state index in [9.17, 15) is 4.79 Å². The van der Waals surface area contributed by atoms with Crippen molar-refractivity contribution in [1.29, 1.82) is 0 Å². The molecule has 3 aromatic rings. The van der Waals surface area contributed by atoms with Gasteiger partial charge in [-0.2, -0.15) is 4.98 Å². The van der Waals surface area contributed by atoms with E-state index in [0.717, 1.165) is 11.3 Å². The number of aromatic nitrogens is 2. The number of carbonyl (C=O) groups is 1. The van der Waals surface area contributed by atoms with Crippen molar-refractivity contribution in [3.05, 3.63) is 65.9 Å². The first-order valence-electron chi connectivity index (χ1n) is 7.90. The van der Waals surface area contributed by atoms with Crippen LogP contribution in [0.4, 0.5) is 23.1 Å². The van der Waals surface area contributed by atoms with Gasteiger partial charge >= 0.3 is 5.97 Å². The Labute approximate surface area is 150 Å². The molecule has 3 rings (SSSR count). The highest BCUT2D eigenvalue weighted by atomic mass is 16.5. The van der Waals surface area contributed by atoms with Gasteiger partial charge in [0.15, 0.2) is 0 Å². The topological polar surface area (TPSA) is 96.4 Å². The molecule has 0 saturated carbocycles. The van der Waals surface area contributed by atoms with Crippen molar-refractivity contribution in [2.75, 3.05) is 17.7 Å². The maximum Gasteiger partial charge on any atom is 0.335 e. The van der Waals surface area contributed by atoms with Crippen molar-refractivity contribution < 1.29 is 14.6 Å². The number of rotatable bonds is 6. The van der Waals surface area contributed by atoms with E-state index >= 15 is 0 Å². The fraction of sp³-hybridized carbons (Fsp3) is 0.105. The van der Waals surface area contributed by atoms with Crippen LogP contribution >= 0.6 is 0 Å². The van der Waals surface area contributed by atoms with Crippen LogP contribution in [0.15, 0.2) is 54.7 Å². The van der Waals surface area contributed by atoms with Crippen LogP contribution in [0.2, 0.25) is 0 Å². The van der Waals surface area contributed by atoms with Gasteiger partial charge in [0.2, 0.25) is 5.95 Å².